The summed E-state index contributed by atoms with van der Waals surface area (Å²) in [6.45, 7) is 5.49. The molecular formula is C14H29N3O. The highest BCUT2D eigenvalue weighted by Crippen LogP contribution is 2.23. The molecule has 0 bridgehead atoms. The first-order chi connectivity index (χ1) is 8.70. The van der Waals surface area contributed by atoms with Crippen LogP contribution in [-0.2, 0) is 4.74 Å². The Labute approximate surface area is 112 Å². The van der Waals surface area contributed by atoms with Crippen LogP contribution < -0.4 is 5.32 Å². The van der Waals surface area contributed by atoms with E-state index in [2.05, 4.69) is 36.3 Å². The molecule has 4 nitrogen and oxygen atoms in total. The van der Waals surface area contributed by atoms with Crippen molar-refractivity contribution in [3.63, 3.8) is 0 Å². The Morgan fingerprint density at radius 3 is 2.61 bits per heavy atom. The number of hydrogen-bond donors (Lipinski definition) is 1. The second-order valence-corrected chi connectivity index (χ2v) is 6.00. The minimum Gasteiger partial charge on any atom is -0.381 e. The van der Waals surface area contributed by atoms with Crippen LogP contribution >= 0.6 is 0 Å². The quantitative estimate of drug-likeness (QED) is 0.798. The summed E-state index contributed by atoms with van der Waals surface area (Å²) in [5.74, 6) is 0.844. The molecular weight excluding hydrogens is 226 g/mol. The molecule has 2 unspecified atom stereocenters. The van der Waals surface area contributed by atoms with Crippen LogP contribution in [0.15, 0.2) is 0 Å². The first kappa shape index (κ1) is 14.3. The number of nitrogens with zero attached hydrogens (tertiary/aromatic N) is 2. The highest BCUT2D eigenvalue weighted by atomic mass is 16.5. The molecule has 0 saturated carbocycles. The van der Waals surface area contributed by atoms with E-state index in [4.69, 9.17) is 4.74 Å². The lowest BCUT2D eigenvalue weighted by Gasteiger charge is -2.43. The van der Waals surface area contributed by atoms with E-state index in [0.29, 0.717) is 12.1 Å². The number of nitrogens with one attached hydrogen (secondary N) is 1. The van der Waals surface area contributed by atoms with Gasteiger partial charge in [0.25, 0.3) is 0 Å². The van der Waals surface area contributed by atoms with E-state index in [-0.39, 0.29) is 0 Å². The molecule has 0 aromatic carbocycles. The van der Waals surface area contributed by atoms with Gasteiger partial charge in [-0.3, -0.25) is 4.90 Å². The fourth-order valence-electron chi connectivity index (χ4n) is 3.29. The Morgan fingerprint density at radius 1 is 1.22 bits per heavy atom. The monoisotopic (exact) mass is 255 g/mol. The molecule has 2 fully saturated rings. The van der Waals surface area contributed by atoms with E-state index >= 15 is 0 Å². The zero-order valence-corrected chi connectivity index (χ0v) is 12.2. The van der Waals surface area contributed by atoms with Crippen molar-refractivity contribution in [2.24, 2.45) is 5.92 Å². The van der Waals surface area contributed by atoms with Crippen molar-refractivity contribution in [1.29, 1.82) is 0 Å². The molecule has 2 rings (SSSR count). The third kappa shape index (κ3) is 3.67. The Bertz CT molecular complexity index is 243. The van der Waals surface area contributed by atoms with Gasteiger partial charge in [-0.1, -0.05) is 0 Å². The minimum atomic E-state index is 0.612. The largest absolute Gasteiger partial charge is 0.381 e. The normalized spacial score (nSPS) is 30.5. The summed E-state index contributed by atoms with van der Waals surface area (Å²) in [6.07, 6.45) is 3.78. The molecule has 2 atom stereocenters. The van der Waals surface area contributed by atoms with Gasteiger partial charge in [0.15, 0.2) is 0 Å². The standard InChI is InChI=1S/C14H29N3O/c1-15-13(10-12-4-8-18-9-5-12)14-11-16(2)6-7-17(14)3/h12-15H,4-11H2,1-3H3. The lowest BCUT2D eigenvalue weighted by Crippen LogP contribution is -2.58. The SMILES string of the molecule is CNC(CC1CCOCC1)C1CN(C)CCN1C. The van der Waals surface area contributed by atoms with Gasteiger partial charge < -0.3 is 15.0 Å². The van der Waals surface area contributed by atoms with Gasteiger partial charge in [0.05, 0.1) is 0 Å². The Morgan fingerprint density at radius 2 is 1.94 bits per heavy atom. The highest BCUT2D eigenvalue weighted by molar-refractivity contribution is 4.89. The van der Waals surface area contributed by atoms with Crippen molar-refractivity contribution in [3.05, 3.63) is 0 Å². The van der Waals surface area contributed by atoms with Crippen LogP contribution in [0.1, 0.15) is 19.3 Å². The number of piperazine rings is 1. The number of likely N-dealkylation sites (N-methyl/N-ethyl adjacent to an activating group) is 3. The number of rotatable bonds is 4. The molecule has 1 N–H and O–H groups in total. The van der Waals surface area contributed by atoms with Gasteiger partial charge >= 0.3 is 0 Å². The van der Waals surface area contributed by atoms with E-state index in [1.54, 1.807) is 0 Å². The van der Waals surface area contributed by atoms with Crippen LogP contribution in [-0.4, -0.2) is 75.9 Å². The Balaban J connectivity index is 1.89. The zero-order chi connectivity index (χ0) is 13.0. The summed E-state index contributed by atoms with van der Waals surface area (Å²) in [6, 6.07) is 1.26. The van der Waals surface area contributed by atoms with Gasteiger partial charge in [0, 0.05) is 44.9 Å². The lowest BCUT2D eigenvalue weighted by atomic mass is 9.88. The van der Waals surface area contributed by atoms with Crippen LogP contribution in [0.2, 0.25) is 0 Å². The summed E-state index contributed by atoms with van der Waals surface area (Å²) in [4.78, 5) is 4.99. The average Bonchev–Trinajstić information content (AvgIpc) is 2.40. The predicted molar refractivity (Wildman–Crippen MR) is 74.9 cm³/mol. The van der Waals surface area contributed by atoms with Gasteiger partial charge in [-0.05, 0) is 46.3 Å². The minimum absolute atomic E-state index is 0.612. The molecule has 2 heterocycles. The van der Waals surface area contributed by atoms with Crippen molar-refractivity contribution >= 4 is 0 Å². The van der Waals surface area contributed by atoms with Crippen LogP contribution in [0.5, 0.6) is 0 Å². The van der Waals surface area contributed by atoms with Crippen LogP contribution in [0, 0.1) is 5.92 Å². The van der Waals surface area contributed by atoms with Crippen LogP contribution in [0.4, 0.5) is 0 Å². The van der Waals surface area contributed by atoms with Gasteiger partial charge in [0.2, 0.25) is 0 Å². The summed E-state index contributed by atoms with van der Waals surface area (Å²) >= 11 is 0. The number of ether oxygens (including phenoxy) is 1. The van der Waals surface area contributed by atoms with Crippen molar-refractivity contribution in [3.8, 4) is 0 Å². The molecule has 106 valence electrons. The third-order valence-corrected chi connectivity index (χ3v) is 4.66. The summed E-state index contributed by atoms with van der Waals surface area (Å²) in [5.41, 5.74) is 0. The van der Waals surface area contributed by atoms with Gasteiger partial charge in [0.1, 0.15) is 0 Å². The van der Waals surface area contributed by atoms with E-state index in [1.165, 1.54) is 38.9 Å². The second kappa shape index (κ2) is 6.85. The average molecular weight is 255 g/mol. The molecule has 0 aromatic heterocycles. The molecule has 18 heavy (non-hydrogen) atoms. The lowest BCUT2D eigenvalue weighted by molar-refractivity contribution is 0.0449. The van der Waals surface area contributed by atoms with Crippen molar-refractivity contribution < 1.29 is 4.74 Å². The molecule has 4 heteroatoms. The molecule has 0 radical (unpaired) electrons. The van der Waals surface area contributed by atoms with E-state index < -0.39 is 0 Å². The highest BCUT2D eigenvalue weighted by Gasteiger charge is 2.30. The topological polar surface area (TPSA) is 27.7 Å². The van der Waals surface area contributed by atoms with Gasteiger partial charge in [-0.15, -0.1) is 0 Å². The summed E-state index contributed by atoms with van der Waals surface area (Å²) < 4.78 is 5.46. The van der Waals surface area contributed by atoms with E-state index in [0.717, 1.165) is 19.1 Å². The smallest absolute Gasteiger partial charge is 0.0468 e. The van der Waals surface area contributed by atoms with Crippen molar-refractivity contribution in [2.75, 3.05) is 54.0 Å². The molecule has 0 spiro atoms. The maximum atomic E-state index is 5.46. The molecule has 0 amide bonds. The summed E-state index contributed by atoms with van der Waals surface area (Å²) in [5, 5.41) is 3.56. The molecule has 2 aliphatic rings. The first-order valence-electron chi connectivity index (χ1n) is 7.34. The van der Waals surface area contributed by atoms with E-state index in [9.17, 15) is 0 Å². The maximum Gasteiger partial charge on any atom is 0.0468 e. The summed E-state index contributed by atoms with van der Waals surface area (Å²) in [7, 11) is 6.62. The van der Waals surface area contributed by atoms with Crippen molar-refractivity contribution in [1.82, 2.24) is 15.1 Å². The third-order valence-electron chi connectivity index (χ3n) is 4.66. The second-order valence-electron chi connectivity index (χ2n) is 6.00. The van der Waals surface area contributed by atoms with Crippen LogP contribution in [0.3, 0.4) is 0 Å². The van der Waals surface area contributed by atoms with Crippen molar-refractivity contribution in [2.45, 2.75) is 31.3 Å². The molecule has 2 aliphatic heterocycles. The maximum absolute atomic E-state index is 5.46. The Kier molecular flexibility index (Phi) is 5.42. The first-order valence-corrected chi connectivity index (χ1v) is 7.34. The number of hydrogen-bond acceptors (Lipinski definition) is 4. The van der Waals surface area contributed by atoms with Crippen LogP contribution in [0.25, 0.3) is 0 Å². The Hall–Kier alpha value is -0.160. The predicted octanol–water partition coefficient (Wildman–Crippen LogP) is 0.637. The fourth-order valence-corrected chi connectivity index (χ4v) is 3.29. The molecule has 2 saturated heterocycles. The fraction of sp³-hybridized carbons (Fsp3) is 1.00. The van der Waals surface area contributed by atoms with Gasteiger partial charge in [-0.25, -0.2) is 0 Å². The van der Waals surface area contributed by atoms with Gasteiger partial charge in [-0.2, -0.15) is 0 Å². The molecule has 0 aliphatic carbocycles. The molecule has 0 aromatic rings. The zero-order valence-electron chi connectivity index (χ0n) is 12.2. The van der Waals surface area contributed by atoms with E-state index in [1.807, 2.05) is 0 Å².